The van der Waals surface area contributed by atoms with Crippen LogP contribution in [-0.2, 0) is 6.42 Å². The molecule has 1 aromatic carbocycles. The number of anilines is 1. The summed E-state index contributed by atoms with van der Waals surface area (Å²) in [6, 6.07) is 6.46. The second kappa shape index (κ2) is 6.85. The lowest BCUT2D eigenvalue weighted by Crippen LogP contribution is -2.11. The van der Waals surface area contributed by atoms with E-state index in [2.05, 4.69) is 22.2 Å². The van der Waals surface area contributed by atoms with E-state index < -0.39 is 0 Å². The minimum atomic E-state index is -0.245. The summed E-state index contributed by atoms with van der Waals surface area (Å²) < 4.78 is 13.3. The molecule has 0 saturated heterocycles. The summed E-state index contributed by atoms with van der Waals surface area (Å²) in [5.41, 5.74) is 1.67. The molecule has 0 amide bonds. The minimum Gasteiger partial charge on any atom is -0.363 e. The molecule has 1 aromatic heterocycles. The van der Waals surface area contributed by atoms with Crippen molar-refractivity contribution in [2.24, 2.45) is 0 Å². The molecule has 0 saturated carbocycles. The molecular weight excluding hydrogens is 289 g/mol. The molecule has 1 heterocycles. The van der Waals surface area contributed by atoms with E-state index in [1.54, 1.807) is 6.07 Å². The Hall–Kier alpha value is -1.68. The number of hydrogen-bond donors (Lipinski definition) is 1. The number of rotatable bonds is 5. The first kappa shape index (κ1) is 15.7. The van der Waals surface area contributed by atoms with Crippen molar-refractivity contribution in [3.8, 4) is 0 Å². The van der Waals surface area contributed by atoms with Crippen LogP contribution in [0.15, 0.2) is 24.3 Å². The second-order valence-electron chi connectivity index (χ2n) is 5.08. The predicted octanol–water partition coefficient (Wildman–Crippen LogP) is 4.70. The molecule has 0 aliphatic rings. The van der Waals surface area contributed by atoms with Gasteiger partial charge in [0.2, 0.25) is 0 Å². The van der Waals surface area contributed by atoms with E-state index in [9.17, 15) is 4.39 Å². The van der Waals surface area contributed by atoms with Crippen LogP contribution in [0.25, 0.3) is 0 Å². The molecule has 5 heteroatoms. The van der Waals surface area contributed by atoms with Crippen molar-refractivity contribution < 1.29 is 4.39 Å². The Kier molecular flexibility index (Phi) is 5.12. The molecule has 0 aliphatic heterocycles. The van der Waals surface area contributed by atoms with Gasteiger partial charge in [0.1, 0.15) is 22.6 Å². The summed E-state index contributed by atoms with van der Waals surface area (Å²) in [6.07, 6.45) is 1.74. The number of halogens is 2. The van der Waals surface area contributed by atoms with E-state index >= 15 is 0 Å². The molecule has 0 spiro atoms. The van der Waals surface area contributed by atoms with Crippen LogP contribution in [-0.4, -0.2) is 9.97 Å². The molecule has 0 bridgehead atoms. The van der Waals surface area contributed by atoms with E-state index in [4.69, 9.17) is 11.6 Å². The summed E-state index contributed by atoms with van der Waals surface area (Å²) in [7, 11) is 0. The molecule has 2 rings (SSSR count). The van der Waals surface area contributed by atoms with Crippen LogP contribution in [0.1, 0.15) is 43.3 Å². The topological polar surface area (TPSA) is 37.8 Å². The Balaban J connectivity index is 2.26. The number of aromatic nitrogens is 2. The lowest BCUT2D eigenvalue weighted by atomic mass is 10.1. The van der Waals surface area contributed by atoms with Crippen molar-refractivity contribution >= 4 is 17.4 Å². The highest BCUT2D eigenvalue weighted by Gasteiger charge is 2.13. The van der Waals surface area contributed by atoms with Gasteiger partial charge in [-0.05, 0) is 38.0 Å². The van der Waals surface area contributed by atoms with E-state index in [1.807, 2.05) is 19.9 Å². The molecule has 0 fully saturated rings. The zero-order valence-electron chi connectivity index (χ0n) is 12.5. The zero-order valence-corrected chi connectivity index (χ0v) is 13.2. The number of benzene rings is 1. The van der Waals surface area contributed by atoms with Gasteiger partial charge in [0.25, 0.3) is 0 Å². The van der Waals surface area contributed by atoms with Crippen LogP contribution >= 0.6 is 11.6 Å². The number of hydrogen-bond acceptors (Lipinski definition) is 3. The van der Waals surface area contributed by atoms with Crippen molar-refractivity contribution in [1.29, 1.82) is 0 Å². The molecule has 0 radical (unpaired) electrons. The third-order valence-corrected chi connectivity index (χ3v) is 3.68. The maximum atomic E-state index is 13.3. The van der Waals surface area contributed by atoms with Crippen molar-refractivity contribution in [3.63, 3.8) is 0 Å². The standard InChI is InChI=1S/C16H19ClFN3/c1-4-6-14-20-15(17)10(2)16(21-14)19-11(3)12-7-5-8-13(18)9-12/h5,7-9,11H,4,6H2,1-3H3,(H,19,20,21). The molecule has 112 valence electrons. The van der Waals surface area contributed by atoms with Crippen LogP contribution in [0.5, 0.6) is 0 Å². The first-order valence-corrected chi connectivity index (χ1v) is 7.44. The van der Waals surface area contributed by atoms with E-state index in [0.717, 1.165) is 29.8 Å². The molecule has 0 aliphatic carbocycles. The van der Waals surface area contributed by atoms with Crippen molar-refractivity contribution in [1.82, 2.24) is 9.97 Å². The van der Waals surface area contributed by atoms with Crippen molar-refractivity contribution in [3.05, 3.63) is 52.2 Å². The van der Waals surface area contributed by atoms with Crippen LogP contribution in [0.4, 0.5) is 10.2 Å². The van der Waals surface area contributed by atoms with Gasteiger partial charge in [0.15, 0.2) is 0 Å². The Bertz CT molecular complexity index is 631. The molecule has 1 N–H and O–H groups in total. The van der Waals surface area contributed by atoms with Gasteiger partial charge in [0, 0.05) is 12.0 Å². The van der Waals surface area contributed by atoms with Crippen molar-refractivity contribution in [2.45, 2.75) is 39.7 Å². The SMILES string of the molecule is CCCc1nc(Cl)c(C)c(NC(C)c2cccc(F)c2)n1. The molecule has 1 atom stereocenters. The molecule has 21 heavy (non-hydrogen) atoms. The van der Waals surface area contributed by atoms with Gasteiger partial charge in [-0.2, -0.15) is 0 Å². The summed E-state index contributed by atoms with van der Waals surface area (Å²) in [6.45, 7) is 5.90. The summed E-state index contributed by atoms with van der Waals surface area (Å²) in [5, 5.41) is 3.75. The van der Waals surface area contributed by atoms with Gasteiger partial charge < -0.3 is 5.32 Å². The largest absolute Gasteiger partial charge is 0.363 e. The summed E-state index contributed by atoms with van der Waals surface area (Å²) in [5.74, 6) is 1.18. The summed E-state index contributed by atoms with van der Waals surface area (Å²) in [4.78, 5) is 8.78. The predicted molar refractivity (Wildman–Crippen MR) is 84.2 cm³/mol. The van der Waals surface area contributed by atoms with Crippen LogP contribution in [0, 0.1) is 12.7 Å². The van der Waals surface area contributed by atoms with Crippen molar-refractivity contribution in [2.75, 3.05) is 5.32 Å². The first-order chi connectivity index (χ1) is 10.0. The average molecular weight is 308 g/mol. The Morgan fingerprint density at radius 1 is 1.33 bits per heavy atom. The molecular formula is C16H19ClFN3. The maximum Gasteiger partial charge on any atom is 0.137 e. The first-order valence-electron chi connectivity index (χ1n) is 7.06. The third kappa shape index (κ3) is 3.91. The van der Waals surface area contributed by atoms with Gasteiger partial charge in [0.05, 0.1) is 6.04 Å². The van der Waals surface area contributed by atoms with Gasteiger partial charge in [-0.15, -0.1) is 0 Å². The highest BCUT2D eigenvalue weighted by atomic mass is 35.5. The lowest BCUT2D eigenvalue weighted by molar-refractivity contribution is 0.623. The number of nitrogens with zero attached hydrogens (tertiary/aromatic N) is 2. The molecule has 2 aromatic rings. The fourth-order valence-electron chi connectivity index (χ4n) is 2.07. The van der Waals surface area contributed by atoms with Crippen LogP contribution in [0.3, 0.4) is 0 Å². The lowest BCUT2D eigenvalue weighted by Gasteiger charge is -2.17. The van der Waals surface area contributed by atoms with Crippen LogP contribution in [0.2, 0.25) is 5.15 Å². The van der Waals surface area contributed by atoms with Gasteiger partial charge in [-0.3, -0.25) is 0 Å². The van der Waals surface area contributed by atoms with E-state index in [0.29, 0.717) is 11.0 Å². The Morgan fingerprint density at radius 2 is 2.10 bits per heavy atom. The van der Waals surface area contributed by atoms with Gasteiger partial charge in [-0.25, -0.2) is 14.4 Å². The van der Waals surface area contributed by atoms with E-state index in [1.165, 1.54) is 12.1 Å². The molecule has 1 unspecified atom stereocenters. The Morgan fingerprint density at radius 3 is 2.76 bits per heavy atom. The smallest absolute Gasteiger partial charge is 0.137 e. The average Bonchev–Trinajstić information content (AvgIpc) is 2.44. The zero-order chi connectivity index (χ0) is 15.4. The Labute approximate surface area is 129 Å². The quantitative estimate of drug-likeness (QED) is 0.813. The van der Waals surface area contributed by atoms with Gasteiger partial charge >= 0.3 is 0 Å². The monoisotopic (exact) mass is 307 g/mol. The highest BCUT2D eigenvalue weighted by molar-refractivity contribution is 6.30. The number of aryl methyl sites for hydroxylation is 1. The van der Waals surface area contributed by atoms with Crippen LogP contribution < -0.4 is 5.32 Å². The van der Waals surface area contributed by atoms with E-state index in [-0.39, 0.29) is 11.9 Å². The normalized spacial score (nSPS) is 12.2. The summed E-state index contributed by atoms with van der Waals surface area (Å²) >= 11 is 6.16. The minimum absolute atomic E-state index is 0.0696. The maximum absolute atomic E-state index is 13.3. The second-order valence-corrected chi connectivity index (χ2v) is 5.43. The fraction of sp³-hybridized carbons (Fsp3) is 0.375. The number of nitrogens with one attached hydrogen (secondary N) is 1. The van der Waals surface area contributed by atoms with Gasteiger partial charge in [-0.1, -0.05) is 30.7 Å². The fourth-order valence-corrected chi connectivity index (χ4v) is 2.26. The molecule has 3 nitrogen and oxygen atoms in total. The highest BCUT2D eigenvalue weighted by Crippen LogP contribution is 2.25. The third-order valence-electron chi connectivity index (χ3n) is 3.31.